The van der Waals surface area contributed by atoms with Gasteiger partial charge in [0.1, 0.15) is 0 Å². The van der Waals surface area contributed by atoms with Crippen molar-refractivity contribution in [2.45, 2.75) is 6.92 Å². The monoisotopic (exact) mass is 230 g/mol. The summed E-state index contributed by atoms with van der Waals surface area (Å²) in [5.74, 6) is -0.594. The lowest BCUT2D eigenvalue weighted by atomic mass is 10.4. The summed E-state index contributed by atoms with van der Waals surface area (Å²) < 4.78 is 13.8. The van der Waals surface area contributed by atoms with Gasteiger partial charge < -0.3 is 19.5 Å². The Hall–Kier alpha value is -2.05. The molecule has 0 heterocycles. The SMILES string of the molecule is C=C(C)C(=O)OCNC(=O)N=C(OC)OC. The summed E-state index contributed by atoms with van der Waals surface area (Å²) >= 11 is 0. The van der Waals surface area contributed by atoms with E-state index in [-0.39, 0.29) is 18.4 Å². The van der Waals surface area contributed by atoms with Crippen LogP contribution in [0.15, 0.2) is 17.1 Å². The highest BCUT2D eigenvalue weighted by molar-refractivity contribution is 5.88. The van der Waals surface area contributed by atoms with E-state index >= 15 is 0 Å². The van der Waals surface area contributed by atoms with Crippen molar-refractivity contribution in [2.24, 2.45) is 4.99 Å². The second-order valence-corrected chi connectivity index (χ2v) is 2.62. The van der Waals surface area contributed by atoms with Crippen LogP contribution in [0, 0.1) is 0 Å². The standard InChI is InChI=1S/C9H14N2O5/c1-6(2)7(12)16-5-10-8(13)11-9(14-3)15-4/h1,5H2,2-4H3,(H,10,13). The lowest BCUT2D eigenvalue weighted by molar-refractivity contribution is -0.139. The van der Waals surface area contributed by atoms with Gasteiger partial charge in [0, 0.05) is 5.57 Å². The van der Waals surface area contributed by atoms with Crippen LogP contribution in [-0.2, 0) is 19.0 Å². The van der Waals surface area contributed by atoms with Crippen molar-refractivity contribution in [1.82, 2.24) is 5.32 Å². The molecular formula is C9H14N2O5. The van der Waals surface area contributed by atoms with Gasteiger partial charge in [-0.3, -0.25) is 0 Å². The summed E-state index contributed by atoms with van der Waals surface area (Å²) in [7, 11) is 2.60. The molecule has 0 atom stereocenters. The molecule has 90 valence electrons. The number of hydrogen-bond donors (Lipinski definition) is 1. The molecule has 2 amide bonds. The van der Waals surface area contributed by atoms with Crippen molar-refractivity contribution in [3.63, 3.8) is 0 Å². The number of carbonyl (C=O) groups excluding carboxylic acids is 2. The molecule has 0 aliphatic carbocycles. The highest BCUT2D eigenvalue weighted by Gasteiger charge is 2.05. The zero-order valence-electron chi connectivity index (χ0n) is 9.40. The van der Waals surface area contributed by atoms with Crippen LogP contribution in [0.1, 0.15) is 6.92 Å². The van der Waals surface area contributed by atoms with Gasteiger partial charge in [0.25, 0.3) is 0 Å². The van der Waals surface area contributed by atoms with E-state index < -0.39 is 12.0 Å². The fourth-order valence-electron chi connectivity index (χ4n) is 0.584. The number of carbonyl (C=O) groups is 2. The third-order valence-corrected chi connectivity index (χ3v) is 1.32. The Morgan fingerprint density at radius 1 is 1.31 bits per heavy atom. The predicted octanol–water partition coefficient (Wildman–Crippen LogP) is 0.422. The molecule has 0 bridgehead atoms. The van der Waals surface area contributed by atoms with Crippen LogP contribution in [0.5, 0.6) is 0 Å². The Balaban J connectivity index is 3.95. The van der Waals surface area contributed by atoms with Gasteiger partial charge in [0.15, 0.2) is 6.73 Å². The highest BCUT2D eigenvalue weighted by Crippen LogP contribution is 1.90. The van der Waals surface area contributed by atoms with Crippen molar-refractivity contribution in [2.75, 3.05) is 21.0 Å². The van der Waals surface area contributed by atoms with Crippen LogP contribution in [0.3, 0.4) is 0 Å². The number of aliphatic imine (C=N–C) groups is 1. The first-order valence-corrected chi connectivity index (χ1v) is 4.28. The molecule has 0 unspecified atom stereocenters. The van der Waals surface area contributed by atoms with Gasteiger partial charge in [-0.1, -0.05) is 6.58 Å². The third-order valence-electron chi connectivity index (χ3n) is 1.32. The van der Waals surface area contributed by atoms with Crippen molar-refractivity contribution in [3.8, 4) is 0 Å². The van der Waals surface area contributed by atoms with Crippen LogP contribution in [0.25, 0.3) is 0 Å². The van der Waals surface area contributed by atoms with E-state index in [9.17, 15) is 9.59 Å². The van der Waals surface area contributed by atoms with Gasteiger partial charge in [0.2, 0.25) is 0 Å². The average molecular weight is 230 g/mol. The number of ether oxygens (including phenoxy) is 3. The molecular weight excluding hydrogens is 216 g/mol. The third kappa shape index (κ3) is 5.63. The molecule has 0 spiro atoms. The molecule has 1 N–H and O–H groups in total. The minimum atomic E-state index is -0.742. The van der Waals surface area contributed by atoms with E-state index in [4.69, 9.17) is 0 Å². The quantitative estimate of drug-likeness (QED) is 0.250. The molecule has 0 aliphatic heterocycles. The first-order valence-electron chi connectivity index (χ1n) is 4.28. The smallest absolute Gasteiger partial charge is 0.392 e. The molecule has 16 heavy (non-hydrogen) atoms. The summed E-state index contributed by atoms with van der Waals surface area (Å²) in [5, 5.41) is 2.20. The largest absolute Gasteiger partial charge is 0.454 e. The second-order valence-electron chi connectivity index (χ2n) is 2.62. The molecule has 0 aromatic carbocycles. The van der Waals surface area contributed by atoms with Gasteiger partial charge in [-0.25, -0.2) is 9.59 Å². The number of esters is 1. The Labute approximate surface area is 93.1 Å². The lowest BCUT2D eigenvalue weighted by Gasteiger charge is -2.05. The fourth-order valence-corrected chi connectivity index (χ4v) is 0.584. The van der Waals surface area contributed by atoms with E-state index in [1.165, 1.54) is 21.1 Å². The van der Waals surface area contributed by atoms with Crippen LogP contribution in [0.4, 0.5) is 4.79 Å². The molecule has 0 aromatic heterocycles. The van der Waals surface area contributed by atoms with E-state index in [2.05, 4.69) is 31.1 Å². The maximum absolute atomic E-state index is 11.1. The number of nitrogens with one attached hydrogen (secondary N) is 1. The summed E-state index contributed by atoms with van der Waals surface area (Å²) in [6.45, 7) is 4.57. The zero-order valence-corrected chi connectivity index (χ0v) is 9.40. The van der Waals surface area contributed by atoms with E-state index in [1.807, 2.05) is 0 Å². The number of hydrogen-bond acceptors (Lipinski definition) is 5. The van der Waals surface area contributed by atoms with Crippen LogP contribution >= 0.6 is 0 Å². The Morgan fingerprint density at radius 3 is 2.31 bits per heavy atom. The summed E-state index contributed by atoms with van der Waals surface area (Å²) in [6, 6.07) is -0.742. The summed E-state index contributed by atoms with van der Waals surface area (Å²) in [4.78, 5) is 25.3. The summed E-state index contributed by atoms with van der Waals surface area (Å²) in [5.41, 5.74) is 0.243. The molecule has 0 fully saturated rings. The minimum Gasteiger partial charge on any atom is -0.454 e. The number of rotatable bonds is 3. The summed E-state index contributed by atoms with van der Waals surface area (Å²) in [6.07, 6.45) is -0.191. The van der Waals surface area contributed by atoms with Crippen molar-refractivity contribution in [1.29, 1.82) is 0 Å². The Morgan fingerprint density at radius 2 is 1.88 bits per heavy atom. The van der Waals surface area contributed by atoms with Gasteiger partial charge in [-0.15, -0.1) is 4.99 Å². The maximum atomic E-state index is 11.1. The normalized spacial score (nSPS) is 8.69. The van der Waals surface area contributed by atoms with Crippen molar-refractivity contribution >= 4 is 18.1 Å². The molecule has 0 rings (SSSR count). The molecule has 0 saturated heterocycles. The molecule has 0 aromatic rings. The van der Waals surface area contributed by atoms with Gasteiger partial charge in [-0.2, -0.15) is 0 Å². The average Bonchev–Trinajstić information content (AvgIpc) is 2.25. The number of amides is 2. The first kappa shape index (κ1) is 13.9. The van der Waals surface area contributed by atoms with Crippen LogP contribution < -0.4 is 5.32 Å². The molecule has 0 saturated carbocycles. The molecule has 0 aliphatic rings. The molecule has 0 radical (unpaired) electrons. The van der Waals surface area contributed by atoms with Crippen LogP contribution in [0.2, 0.25) is 0 Å². The van der Waals surface area contributed by atoms with Crippen LogP contribution in [-0.4, -0.2) is 39.0 Å². The Kier molecular flexibility index (Phi) is 6.34. The highest BCUT2D eigenvalue weighted by atomic mass is 16.7. The topological polar surface area (TPSA) is 86.2 Å². The van der Waals surface area contributed by atoms with Gasteiger partial charge in [-0.05, 0) is 6.92 Å². The van der Waals surface area contributed by atoms with E-state index in [0.717, 1.165) is 0 Å². The molecule has 7 heteroatoms. The van der Waals surface area contributed by atoms with Crippen molar-refractivity contribution < 1.29 is 23.8 Å². The van der Waals surface area contributed by atoms with E-state index in [0.29, 0.717) is 0 Å². The molecule has 7 nitrogen and oxygen atoms in total. The fraction of sp³-hybridized carbons (Fsp3) is 0.444. The second kappa shape index (κ2) is 7.27. The van der Waals surface area contributed by atoms with Gasteiger partial charge >= 0.3 is 18.1 Å². The van der Waals surface area contributed by atoms with E-state index in [1.54, 1.807) is 0 Å². The lowest BCUT2D eigenvalue weighted by Crippen LogP contribution is -2.26. The zero-order chi connectivity index (χ0) is 12.6. The van der Waals surface area contributed by atoms with Crippen molar-refractivity contribution in [3.05, 3.63) is 12.2 Å². The first-order chi connectivity index (χ1) is 7.51. The predicted molar refractivity (Wildman–Crippen MR) is 55.8 cm³/mol. The number of urea groups is 1. The Bertz CT molecular complexity index is 305. The number of nitrogens with zero attached hydrogens (tertiary/aromatic N) is 1. The number of methoxy groups -OCH3 is 2. The van der Waals surface area contributed by atoms with Gasteiger partial charge in [0.05, 0.1) is 14.2 Å². The minimum absolute atomic E-state index is 0.191. The maximum Gasteiger partial charge on any atom is 0.392 e.